The highest BCUT2D eigenvalue weighted by Crippen LogP contribution is 2.11. The number of Topliss-reactive ketones (excluding diaryl/α,β-unsaturated/α-hetero) is 1. The van der Waals surface area contributed by atoms with Crippen molar-refractivity contribution >= 4 is 17.7 Å². The molecule has 0 spiro atoms. The van der Waals surface area contributed by atoms with Crippen LogP contribution in [0.25, 0.3) is 0 Å². The molecule has 0 bridgehead atoms. The SMILES string of the molecule is COc1ccc(CNC(=O)[C@@H](C)OC(=O)CCC(=O)c2ccccc2)cc1. The minimum atomic E-state index is -0.928. The molecule has 2 aromatic rings. The number of hydrogen-bond acceptors (Lipinski definition) is 5. The van der Waals surface area contributed by atoms with Gasteiger partial charge in [-0.15, -0.1) is 0 Å². The summed E-state index contributed by atoms with van der Waals surface area (Å²) in [6.07, 6.45) is -0.949. The highest BCUT2D eigenvalue weighted by Gasteiger charge is 2.18. The molecule has 1 atom stereocenters. The summed E-state index contributed by atoms with van der Waals surface area (Å²) in [5, 5.41) is 2.71. The van der Waals surface area contributed by atoms with E-state index in [2.05, 4.69) is 5.32 Å². The molecule has 0 saturated heterocycles. The van der Waals surface area contributed by atoms with Crippen molar-refractivity contribution in [2.24, 2.45) is 0 Å². The maximum Gasteiger partial charge on any atom is 0.307 e. The molecule has 0 fully saturated rings. The predicted molar refractivity (Wildman–Crippen MR) is 100 cm³/mol. The molecule has 2 aromatic carbocycles. The van der Waals surface area contributed by atoms with Crippen molar-refractivity contribution in [3.8, 4) is 5.75 Å². The molecule has 0 aromatic heterocycles. The standard InChI is InChI=1S/C21H23NO5/c1-15(21(25)22-14-16-8-10-18(26-2)11-9-16)27-20(24)13-12-19(23)17-6-4-3-5-7-17/h3-11,15H,12-14H2,1-2H3,(H,22,25)/t15-/m1/s1. The van der Waals surface area contributed by atoms with Gasteiger partial charge in [-0.2, -0.15) is 0 Å². The van der Waals surface area contributed by atoms with Gasteiger partial charge < -0.3 is 14.8 Å². The average molecular weight is 369 g/mol. The third-order valence-corrected chi connectivity index (χ3v) is 3.96. The summed E-state index contributed by atoms with van der Waals surface area (Å²) in [7, 11) is 1.58. The van der Waals surface area contributed by atoms with Crippen LogP contribution in [0.4, 0.5) is 0 Å². The molecule has 142 valence electrons. The topological polar surface area (TPSA) is 81.7 Å². The van der Waals surface area contributed by atoms with Crippen LogP contribution in [0.3, 0.4) is 0 Å². The fraction of sp³-hybridized carbons (Fsp3) is 0.286. The number of ether oxygens (including phenoxy) is 2. The maximum atomic E-state index is 12.1. The number of rotatable bonds is 9. The summed E-state index contributed by atoms with van der Waals surface area (Å²) in [6.45, 7) is 1.82. The smallest absolute Gasteiger partial charge is 0.307 e. The van der Waals surface area contributed by atoms with E-state index in [0.29, 0.717) is 12.1 Å². The van der Waals surface area contributed by atoms with Crippen LogP contribution in [0.15, 0.2) is 54.6 Å². The van der Waals surface area contributed by atoms with Gasteiger partial charge in [0.15, 0.2) is 11.9 Å². The Morgan fingerprint density at radius 1 is 0.963 bits per heavy atom. The second-order valence-electron chi connectivity index (χ2n) is 5.99. The van der Waals surface area contributed by atoms with Gasteiger partial charge in [0.25, 0.3) is 5.91 Å². The maximum absolute atomic E-state index is 12.1. The Balaban J connectivity index is 1.72. The number of benzene rings is 2. The van der Waals surface area contributed by atoms with Crippen LogP contribution in [0.2, 0.25) is 0 Å². The van der Waals surface area contributed by atoms with Crippen LogP contribution < -0.4 is 10.1 Å². The Kier molecular flexibility index (Phi) is 7.55. The number of methoxy groups -OCH3 is 1. The number of hydrogen-bond donors (Lipinski definition) is 1. The Morgan fingerprint density at radius 2 is 1.63 bits per heavy atom. The molecule has 0 unspecified atom stereocenters. The molecule has 2 rings (SSSR count). The number of nitrogens with one attached hydrogen (secondary N) is 1. The molecular formula is C21H23NO5. The second-order valence-corrected chi connectivity index (χ2v) is 5.99. The summed E-state index contributed by atoms with van der Waals surface area (Å²) in [6, 6.07) is 16.0. The second kappa shape index (κ2) is 10.1. The molecule has 1 amide bonds. The van der Waals surface area contributed by atoms with Crippen LogP contribution in [-0.4, -0.2) is 30.9 Å². The first-order valence-electron chi connectivity index (χ1n) is 8.68. The normalized spacial score (nSPS) is 11.3. The zero-order chi connectivity index (χ0) is 19.6. The lowest BCUT2D eigenvalue weighted by Crippen LogP contribution is -2.35. The number of amides is 1. The van der Waals surface area contributed by atoms with Crippen LogP contribution in [0.1, 0.15) is 35.7 Å². The third kappa shape index (κ3) is 6.58. The largest absolute Gasteiger partial charge is 0.497 e. The van der Waals surface area contributed by atoms with Crippen molar-refractivity contribution in [2.45, 2.75) is 32.4 Å². The van der Waals surface area contributed by atoms with E-state index in [0.717, 1.165) is 11.3 Å². The molecule has 6 nitrogen and oxygen atoms in total. The van der Waals surface area contributed by atoms with Crippen molar-refractivity contribution in [1.29, 1.82) is 0 Å². The summed E-state index contributed by atoms with van der Waals surface area (Å²) < 4.78 is 10.2. The van der Waals surface area contributed by atoms with E-state index >= 15 is 0 Å². The molecule has 0 aliphatic heterocycles. The van der Waals surface area contributed by atoms with Gasteiger partial charge >= 0.3 is 5.97 Å². The Hall–Kier alpha value is -3.15. The van der Waals surface area contributed by atoms with Gasteiger partial charge in [0, 0.05) is 18.5 Å². The summed E-state index contributed by atoms with van der Waals surface area (Å²) >= 11 is 0. The van der Waals surface area contributed by atoms with E-state index in [4.69, 9.17) is 9.47 Å². The van der Waals surface area contributed by atoms with Crippen molar-refractivity contribution in [3.05, 3.63) is 65.7 Å². The first kappa shape index (κ1) is 20.2. The minimum absolute atomic E-state index is 0.0447. The van der Waals surface area contributed by atoms with Gasteiger partial charge in [-0.25, -0.2) is 0 Å². The summed E-state index contributed by atoms with van der Waals surface area (Å²) in [5.74, 6) is -0.374. The van der Waals surface area contributed by atoms with Gasteiger partial charge in [-0.05, 0) is 24.6 Å². The van der Waals surface area contributed by atoms with E-state index in [1.54, 1.807) is 43.5 Å². The number of carbonyl (C=O) groups excluding carboxylic acids is 3. The van der Waals surface area contributed by atoms with Crippen molar-refractivity contribution in [3.63, 3.8) is 0 Å². The fourth-order valence-corrected chi connectivity index (χ4v) is 2.37. The zero-order valence-corrected chi connectivity index (χ0v) is 15.4. The fourth-order valence-electron chi connectivity index (χ4n) is 2.37. The molecular weight excluding hydrogens is 346 g/mol. The predicted octanol–water partition coefficient (Wildman–Crippen LogP) is 2.91. The molecule has 0 radical (unpaired) electrons. The molecule has 0 aliphatic carbocycles. The van der Waals surface area contributed by atoms with Crippen molar-refractivity contribution in [1.82, 2.24) is 5.32 Å². The van der Waals surface area contributed by atoms with Crippen LogP contribution in [-0.2, 0) is 20.9 Å². The highest BCUT2D eigenvalue weighted by molar-refractivity contribution is 5.97. The Morgan fingerprint density at radius 3 is 2.26 bits per heavy atom. The van der Waals surface area contributed by atoms with Crippen LogP contribution >= 0.6 is 0 Å². The van der Waals surface area contributed by atoms with Crippen molar-refractivity contribution in [2.75, 3.05) is 7.11 Å². The highest BCUT2D eigenvalue weighted by atomic mass is 16.5. The quantitative estimate of drug-likeness (QED) is 0.543. The first-order valence-corrected chi connectivity index (χ1v) is 8.68. The van der Waals surface area contributed by atoms with Gasteiger partial charge in [-0.3, -0.25) is 14.4 Å². The van der Waals surface area contributed by atoms with Gasteiger partial charge in [0.05, 0.1) is 13.5 Å². The van der Waals surface area contributed by atoms with Crippen LogP contribution in [0, 0.1) is 0 Å². The molecule has 0 aliphatic rings. The van der Waals surface area contributed by atoms with E-state index in [-0.39, 0.29) is 18.6 Å². The van der Waals surface area contributed by atoms with E-state index in [1.165, 1.54) is 6.92 Å². The molecule has 0 saturated carbocycles. The first-order chi connectivity index (χ1) is 13.0. The van der Waals surface area contributed by atoms with E-state index < -0.39 is 18.0 Å². The minimum Gasteiger partial charge on any atom is -0.497 e. The summed E-state index contributed by atoms with van der Waals surface area (Å²) in [5.41, 5.74) is 1.45. The average Bonchev–Trinajstić information content (AvgIpc) is 2.71. The van der Waals surface area contributed by atoms with Crippen LogP contribution in [0.5, 0.6) is 5.75 Å². The Labute approximate surface area is 158 Å². The van der Waals surface area contributed by atoms with E-state index in [1.807, 2.05) is 18.2 Å². The monoisotopic (exact) mass is 369 g/mol. The zero-order valence-electron chi connectivity index (χ0n) is 15.4. The van der Waals surface area contributed by atoms with Gasteiger partial charge in [0.2, 0.25) is 0 Å². The third-order valence-electron chi connectivity index (χ3n) is 3.96. The lowest BCUT2D eigenvalue weighted by atomic mass is 10.1. The number of carbonyl (C=O) groups is 3. The lowest BCUT2D eigenvalue weighted by molar-refractivity contribution is -0.154. The van der Waals surface area contributed by atoms with Gasteiger partial charge in [-0.1, -0.05) is 42.5 Å². The van der Waals surface area contributed by atoms with Gasteiger partial charge in [0.1, 0.15) is 5.75 Å². The summed E-state index contributed by atoms with van der Waals surface area (Å²) in [4.78, 5) is 35.9. The van der Waals surface area contributed by atoms with E-state index in [9.17, 15) is 14.4 Å². The molecule has 1 N–H and O–H groups in total. The number of esters is 1. The molecule has 0 heterocycles. The molecule has 27 heavy (non-hydrogen) atoms. The molecule has 6 heteroatoms. The lowest BCUT2D eigenvalue weighted by Gasteiger charge is -2.13. The Bertz CT molecular complexity index is 771. The van der Waals surface area contributed by atoms with Crippen molar-refractivity contribution < 1.29 is 23.9 Å². The number of ketones is 1.